The Labute approximate surface area is 117 Å². The number of hydrogen-bond donors (Lipinski definition) is 1. The van der Waals surface area contributed by atoms with E-state index in [1.165, 1.54) is 24.3 Å². The fourth-order valence-electron chi connectivity index (χ4n) is 1.55. The first-order valence-corrected chi connectivity index (χ1v) is 7.83. The lowest BCUT2D eigenvalue weighted by atomic mass is 10.1. The maximum Gasteiger partial charge on any atom is 0.261 e. The number of methoxy groups -OCH3 is 1. The van der Waals surface area contributed by atoms with Gasteiger partial charge in [-0.15, -0.1) is 0 Å². The number of carbonyl (C=O) groups is 1. The third-order valence-corrected chi connectivity index (χ3v) is 3.72. The van der Waals surface area contributed by atoms with E-state index in [-0.39, 0.29) is 10.8 Å². The van der Waals surface area contributed by atoms with Crippen LogP contribution in [0.25, 0.3) is 0 Å². The Bertz CT molecular complexity index is 552. The van der Waals surface area contributed by atoms with Gasteiger partial charge in [0.15, 0.2) is 0 Å². The van der Waals surface area contributed by atoms with Gasteiger partial charge in [0.25, 0.3) is 15.0 Å². The zero-order valence-corrected chi connectivity index (χ0v) is 12.5. The minimum atomic E-state index is -3.77. The van der Waals surface area contributed by atoms with E-state index in [1.54, 1.807) is 7.11 Å². The Morgan fingerprint density at radius 1 is 1.32 bits per heavy atom. The van der Waals surface area contributed by atoms with Crippen LogP contribution < -0.4 is 5.32 Å². The van der Waals surface area contributed by atoms with E-state index in [2.05, 4.69) is 5.32 Å². The third kappa shape index (κ3) is 4.81. The third-order valence-electron chi connectivity index (χ3n) is 2.36. The molecule has 0 saturated heterocycles. The van der Waals surface area contributed by atoms with Crippen molar-refractivity contribution in [2.45, 2.75) is 24.3 Å². The Morgan fingerprint density at radius 2 is 1.84 bits per heavy atom. The molecule has 7 heteroatoms. The topological polar surface area (TPSA) is 72.5 Å². The predicted molar refractivity (Wildman–Crippen MR) is 72.9 cm³/mol. The Hall–Kier alpha value is -1.11. The number of benzene rings is 1. The highest BCUT2D eigenvalue weighted by molar-refractivity contribution is 8.13. The molecule has 106 valence electrons. The van der Waals surface area contributed by atoms with Crippen molar-refractivity contribution in [3.05, 3.63) is 29.8 Å². The summed E-state index contributed by atoms with van der Waals surface area (Å²) in [6.45, 7) is 4.02. The van der Waals surface area contributed by atoms with Crippen LogP contribution in [0.15, 0.2) is 29.2 Å². The van der Waals surface area contributed by atoms with Crippen LogP contribution in [0.3, 0.4) is 0 Å². The number of rotatable bonds is 5. The van der Waals surface area contributed by atoms with E-state index in [0.717, 1.165) is 0 Å². The average molecular weight is 306 g/mol. The molecule has 0 aliphatic rings. The van der Waals surface area contributed by atoms with Crippen LogP contribution in [-0.2, 0) is 13.8 Å². The number of amides is 1. The monoisotopic (exact) mass is 305 g/mol. The molecule has 0 aromatic heterocycles. The minimum absolute atomic E-state index is 0.0399. The molecule has 0 heterocycles. The average Bonchev–Trinajstić information content (AvgIpc) is 2.27. The molecule has 0 bridgehead atoms. The lowest BCUT2D eigenvalue weighted by molar-refractivity contribution is 0.0820. The highest BCUT2D eigenvalue weighted by Gasteiger charge is 2.21. The standard InChI is InChI=1S/C12H16ClNO4S/c1-12(2,8-18-3)14-11(15)9-4-6-10(7-5-9)19(13,16)17/h4-7H,8H2,1-3H3,(H,14,15). The molecule has 0 unspecified atom stereocenters. The zero-order valence-electron chi connectivity index (χ0n) is 10.9. The quantitative estimate of drug-likeness (QED) is 0.842. The van der Waals surface area contributed by atoms with Crippen molar-refractivity contribution in [1.82, 2.24) is 5.32 Å². The number of hydrogen-bond acceptors (Lipinski definition) is 4. The maximum absolute atomic E-state index is 11.9. The van der Waals surface area contributed by atoms with Gasteiger partial charge in [0.05, 0.1) is 17.0 Å². The summed E-state index contributed by atoms with van der Waals surface area (Å²) < 4.78 is 27.1. The van der Waals surface area contributed by atoms with Crippen molar-refractivity contribution < 1.29 is 17.9 Å². The summed E-state index contributed by atoms with van der Waals surface area (Å²) in [5.41, 5.74) is -0.156. The van der Waals surface area contributed by atoms with Crippen molar-refractivity contribution >= 4 is 25.6 Å². The van der Waals surface area contributed by atoms with E-state index < -0.39 is 14.6 Å². The summed E-state index contributed by atoms with van der Waals surface area (Å²) in [6.07, 6.45) is 0. The van der Waals surface area contributed by atoms with Crippen molar-refractivity contribution in [1.29, 1.82) is 0 Å². The molecule has 1 rings (SSSR count). The van der Waals surface area contributed by atoms with Gasteiger partial charge in [0.2, 0.25) is 0 Å². The summed E-state index contributed by atoms with van der Waals surface area (Å²) in [4.78, 5) is 11.9. The SMILES string of the molecule is COCC(C)(C)NC(=O)c1ccc(S(=O)(=O)Cl)cc1. The molecule has 1 N–H and O–H groups in total. The molecule has 1 amide bonds. The van der Waals surface area contributed by atoms with Gasteiger partial charge in [-0.3, -0.25) is 4.79 Å². The normalized spacial score (nSPS) is 12.2. The van der Waals surface area contributed by atoms with Gasteiger partial charge in [0.1, 0.15) is 0 Å². The van der Waals surface area contributed by atoms with Crippen LogP contribution in [0.2, 0.25) is 0 Å². The molecule has 0 atom stereocenters. The highest BCUT2D eigenvalue weighted by Crippen LogP contribution is 2.15. The summed E-state index contributed by atoms with van der Waals surface area (Å²) in [7, 11) is 2.97. The molecule has 1 aromatic carbocycles. The number of ether oxygens (including phenoxy) is 1. The molecule has 0 aliphatic heterocycles. The second-order valence-electron chi connectivity index (χ2n) is 4.73. The van der Waals surface area contributed by atoms with Crippen molar-refractivity contribution in [2.75, 3.05) is 13.7 Å². The van der Waals surface area contributed by atoms with E-state index in [0.29, 0.717) is 12.2 Å². The first kappa shape index (κ1) is 15.9. The smallest absolute Gasteiger partial charge is 0.261 e. The molecule has 0 spiro atoms. The summed E-state index contributed by atoms with van der Waals surface area (Å²) >= 11 is 0. The first-order chi connectivity index (χ1) is 8.65. The molecular formula is C12H16ClNO4S. The van der Waals surface area contributed by atoms with E-state index >= 15 is 0 Å². The van der Waals surface area contributed by atoms with Crippen LogP contribution in [-0.4, -0.2) is 33.6 Å². The van der Waals surface area contributed by atoms with E-state index in [4.69, 9.17) is 15.4 Å². The summed E-state index contributed by atoms with van der Waals surface area (Å²) in [5, 5.41) is 2.79. The van der Waals surface area contributed by atoms with Crippen molar-refractivity contribution in [3.8, 4) is 0 Å². The number of halogens is 1. The first-order valence-electron chi connectivity index (χ1n) is 5.52. The molecular weight excluding hydrogens is 290 g/mol. The largest absolute Gasteiger partial charge is 0.382 e. The molecule has 0 aliphatic carbocycles. The van der Waals surface area contributed by atoms with Crippen LogP contribution in [0, 0.1) is 0 Å². The van der Waals surface area contributed by atoms with Gasteiger partial charge in [-0.05, 0) is 38.1 Å². The fraction of sp³-hybridized carbons (Fsp3) is 0.417. The minimum Gasteiger partial charge on any atom is -0.382 e. The Balaban J connectivity index is 2.85. The van der Waals surface area contributed by atoms with Crippen LogP contribution in [0.5, 0.6) is 0 Å². The van der Waals surface area contributed by atoms with Crippen molar-refractivity contribution in [3.63, 3.8) is 0 Å². The van der Waals surface area contributed by atoms with Gasteiger partial charge < -0.3 is 10.1 Å². The molecule has 0 fully saturated rings. The summed E-state index contributed by atoms with van der Waals surface area (Å²) in [6, 6.07) is 5.40. The van der Waals surface area contributed by atoms with Gasteiger partial charge in [-0.2, -0.15) is 0 Å². The van der Waals surface area contributed by atoms with E-state index in [1.807, 2.05) is 13.8 Å². The predicted octanol–water partition coefficient (Wildman–Crippen LogP) is 1.77. The van der Waals surface area contributed by atoms with Gasteiger partial charge in [0, 0.05) is 23.4 Å². The van der Waals surface area contributed by atoms with E-state index in [9.17, 15) is 13.2 Å². The van der Waals surface area contributed by atoms with Gasteiger partial charge in [-0.25, -0.2) is 8.42 Å². The van der Waals surface area contributed by atoms with Crippen LogP contribution >= 0.6 is 10.7 Å². The van der Waals surface area contributed by atoms with Gasteiger partial charge in [-0.1, -0.05) is 0 Å². The Kier molecular flexibility index (Phi) is 4.95. The maximum atomic E-state index is 11.9. The highest BCUT2D eigenvalue weighted by atomic mass is 35.7. The molecule has 5 nitrogen and oxygen atoms in total. The number of carbonyl (C=O) groups excluding carboxylic acids is 1. The Morgan fingerprint density at radius 3 is 2.26 bits per heavy atom. The second kappa shape index (κ2) is 5.90. The molecule has 1 aromatic rings. The molecule has 0 saturated carbocycles. The lowest BCUT2D eigenvalue weighted by Gasteiger charge is -2.25. The fourth-order valence-corrected chi connectivity index (χ4v) is 2.32. The zero-order chi connectivity index (χ0) is 14.7. The summed E-state index contributed by atoms with van der Waals surface area (Å²) in [5.74, 6) is -0.305. The second-order valence-corrected chi connectivity index (χ2v) is 7.30. The van der Waals surface area contributed by atoms with Crippen molar-refractivity contribution in [2.24, 2.45) is 0 Å². The van der Waals surface area contributed by atoms with Gasteiger partial charge >= 0.3 is 0 Å². The lowest BCUT2D eigenvalue weighted by Crippen LogP contribution is -2.46. The molecule has 0 radical (unpaired) electrons. The number of nitrogens with one attached hydrogen (secondary N) is 1. The molecule has 19 heavy (non-hydrogen) atoms. The van der Waals surface area contributed by atoms with Crippen LogP contribution in [0.4, 0.5) is 0 Å². The van der Waals surface area contributed by atoms with Crippen LogP contribution in [0.1, 0.15) is 24.2 Å².